The topological polar surface area (TPSA) is 51.5 Å². The molecule has 0 fully saturated rings. The Morgan fingerprint density at radius 1 is 1.11 bits per heavy atom. The predicted molar refractivity (Wildman–Crippen MR) is 71.5 cm³/mol. The lowest BCUT2D eigenvalue weighted by atomic mass is 10.2. The van der Waals surface area contributed by atoms with E-state index in [0.29, 0.717) is 28.6 Å². The number of nitrogens with zero attached hydrogens (tertiary/aromatic N) is 1. The standard InChI is InChI=1S/C14H8BrNO3/c15-10-1-3-12(9(5-10)7-16)19-11-2-4-13-14(6-11)18-8-17-13/h1-6H,8H2. The van der Waals surface area contributed by atoms with Gasteiger partial charge in [-0.25, -0.2) is 0 Å². The fourth-order valence-corrected chi connectivity index (χ4v) is 2.11. The van der Waals surface area contributed by atoms with Crippen LogP contribution in [0.15, 0.2) is 40.9 Å². The van der Waals surface area contributed by atoms with Gasteiger partial charge in [-0.05, 0) is 30.3 Å². The van der Waals surface area contributed by atoms with E-state index < -0.39 is 0 Å². The molecule has 1 aliphatic heterocycles. The molecule has 0 aromatic heterocycles. The Balaban J connectivity index is 1.92. The van der Waals surface area contributed by atoms with Gasteiger partial charge in [0.15, 0.2) is 11.5 Å². The Hall–Kier alpha value is -2.19. The minimum Gasteiger partial charge on any atom is -0.456 e. The van der Waals surface area contributed by atoms with Gasteiger partial charge in [-0.2, -0.15) is 5.26 Å². The Kier molecular flexibility index (Phi) is 3.02. The summed E-state index contributed by atoms with van der Waals surface area (Å²) in [5.74, 6) is 2.45. The van der Waals surface area contributed by atoms with Gasteiger partial charge < -0.3 is 14.2 Å². The summed E-state index contributed by atoms with van der Waals surface area (Å²) in [5.41, 5.74) is 0.465. The first-order chi connectivity index (χ1) is 9.26. The van der Waals surface area contributed by atoms with E-state index in [9.17, 15) is 0 Å². The van der Waals surface area contributed by atoms with Crippen molar-refractivity contribution >= 4 is 15.9 Å². The lowest BCUT2D eigenvalue weighted by molar-refractivity contribution is 0.174. The highest BCUT2D eigenvalue weighted by Crippen LogP contribution is 2.37. The van der Waals surface area contributed by atoms with E-state index >= 15 is 0 Å². The number of halogens is 1. The van der Waals surface area contributed by atoms with Crippen molar-refractivity contribution in [2.24, 2.45) is 0 Å². The zero-order chi connectivity index (χ0) is 13.2. The summed E-state index contributed by atoms with van der Waals surface area (Å²) < 4.78 is 17.0. The highest BCUT2D eigenvalue weighted by molar-refractivity contribution is 9.10. The van der Waals surface area contributed by atoms with Crippen LogP contribution in [0.3, 0.4) is 0 Å². The fraction of sp³-hybridized carbons (Fsp3) is 0.0714. The summed E-state index contributed by atoms with van der Waals surface area (Å²) in [6.07, 6.45) is 0. The zero-order valence-corrected chi connectivity index (χ0v) is 11.3. The lowest BCUT2D eigenvalue weighted by Gasteiger charge is -2.08. The highest BCUT2D eigenvalue weighted by Gasteiger charge is 2.14. The molecule has 3 rings (SSSR count). The summed E-state index contributed by atoms with van der Waals surface area (Å²) >= 11 is 3.32. The van der Waals surface area contributed by atoms with Gasteiger partial charge in [0.1, 0.15) is 17.6 Å². The second kappa shape index (κ2) is 4.82. The maximum absolute atomic E-state index is 9.08. The number of nitriles is 1. The molecular formula is C14H8BrNO3. The predicted octanol–water partition coefficient (Wildman–Crippen LogP) is 3.84. The van der Waals surface area contributed by atoms with Crippen LogP contribution in [0.2, 0.25) is 0 Å². The van der Waals surface area contributed by atoms with Gasteiger partial charge in [0, 0.05) is 10.5 Å². The van der Waals surface area contributed by atoms with Crippen LogP contribution in [0.1, 0.15) is 5.56 Å². The van der Waals surface area contributed by atoms with Crippen LogP contribution < -0.4 is 14.2 Å². The maximum Gasteiger partial charge on any atom is 0.231 e. The number of benzene rings is 2. The Bertz CT molecular complexity index is 679. The summed E-state index contributed by atoms with van der Waals surface area (Å²) in [4.78, 5) is 0. The van der Waals surface area contributed by atoms with Gasteiger partial charge in [0.25, 0.3) is 0 Å². The van der Waals surface area contributed by atoms with Gasteiger partial charge >= 0.3 is 0 Å². The van der Waals surface area contributed by atoms with Crippen LogP contribution in [0, 0.1) is 11.3 Å². The van der Waals surface area contributed by atoms with E-state index in [1.54, 1.807) is 30.3 Å². The molecule has 0 atom stereocenters. The van der Waals surface area contributed by atoms with E-state index in [4.69, 9.17) is 19.5 Å². The number of ether oxygens (including phenoxy) is 3. The molecule has 5 heteroatoms. The van der Waals surface area contributed by atoms with E-state index in [2.05, 4.69) is 22.0 Å². The molecule has 0 amide bonds. The molecule has 2 aromatic carbocycles. The van der Waals surface area contributed by atoms with Crippen LogP contribution in [0.5, 0.6) is 23.0 Å². The third-order valence-corrected chi connectivity index (χ3v) is 3.13. The molecule has 19 heavy (non-hydrogen) atoms. The third-order valence-electron chi connectivity index (χ3n) is 2.63. The molecule has 4 nitrogen and oxygen atoms in total. The smallest absolute Gasteiger partial charge is 0.231 e. The molecule has 2 aromatic rings. The number of hydrogen-bond acceptors (Lipinski definition) is 4. The Morgan fingerprint density at radius 2 is 1.95 bits per heavy atom. The summed E-state index contributed by atoms with van der Waals surface area (Å²) in [6, 6.07) is 12.7. The van der Waals surface area contributed by atoms with Crippen molar-refractivity contribution < 1.29 is 14.2 Å². The summed E-state index contributed by atoms with van der Waals surface area (Å²) in [6.45, 7) is 0.223. The first kappa shape index (κ1) is 11.9. The number of fused-ring (bicyclic) bond motifs is 1. The first-order valence-electron chi connectivity index (χ1n) is 5.53. The normalized spacial score (nSPS) is 12.0. The van der Waals surface area contributed by atoms with Gasteiger partial charge in [-0.3, -0.25) is 0 Å². The molecule has 0 unspecified atom stereocenters. The monoisotopic (exact) mass is 317 g/mol. The molecule has 0 spiro atoms. The van der Waals surface area contributed by atoms with Gasteiger partial charge in [0.2, 0.25) is 6.79 Å². The van der Waals surface area contributed by atoms with Crippen LogP contribution in [0.25, 0.3) is 0 Å². The van der Waals surface area contributed by atoms with Crippen LogP contribution >= 0.6 is 15.9 Å². The second-order valence-corrected chi connectivity index (χ2v) is 4.79. The zero-order valence-electron chi connectivity index (χ0n) is 9.72. The van der Waals surface area contributed by atoms with E-state index in [0.717, 1.165) is 4.47 Å². The lowest BCUT2D eigenvalue weighted by Crippen LogP contribution is -1.92. The van der Waals surface area contributed by atoms with Crippen molar-refractivity contribution in [2.45, 2.75) is 0 Å². The SMILES string of the molecule is N#Cc1cc(Br)ccc1Oc1ccc2c(c1)OCO2. The summed E-state index contributed by atoms with van der Waals surface area (Å²) in [7, 11) is 0. The van der Waals surface area contributed by atoms with Crippen molar-refractivity contribution in [3.05, 3.63) is 46.4 Å². The largest absolute Gasteiger partial charge is 0.456 e. The van der Waals surface area contributed by atoms with E-state index in [-0.39, 0.29) is 6.79 Å². The number of rotatable bonds is 2. The minimum atomic E-state index is 0.223. The molecule has 0 bridgehead atoms. The van der Waals surface area contributed by atoms with Crippen LogP contribution in [-0.2, 0) is 0 Å². The van der Waals surface area contributed by atoms with Crippen LogP contribution in [0.4, 0.5) is 0 Å². The molecule has 0 saturated carbocycles. The van der Waals surface area contributed by atoms with Crippen molar-refractivity contribution in [1.29, 1.82) is 5.26 Å². The third kappa shape index (κ3) is 2.35. The van der Waals surface area contributed by atoms with Gasteiger partial charge in [0.05, 0.1) is 5.56 Å². The van der Waals surface area contributed by atoms with Gasteiger partial charge in [-0.1, -0.05) is 15.9 Å². The molecule has 1 heterocycles. The molecular weight excluding hydrogens is 310 g/mol. The van der Waals surface area contributed by atoms with Crippen LogP contribution in [-0.4, -0.2) is 6.79 Å². The quantitative estimate of drug-likeness (QED) is 0.844. The molecule has 0 N–H and O–H groups in total. The second-order valence-electron chi connectivity index (χ2n) is 3.87. The molecule has 0 radical (unpaired) electrons. The highest BCUT2D eigenvalue weighted by atomic mass is 79.9. The van der Waals surface area contributed by atoms with Crippen molar-refractivity contribution in [3.63, 3.8) is 0 Å². The minimum absolute atomic E-state index is 0.223. The maximum atomic E-state index is 9.08. The van der Waals surface area contributed by atoms with Crippen molar-refractivity contribution in [3.8, 4) is 29.1 Å². The molecule has 0 saturated heterocycles. The van der Waals surface area contributed by atoms with E-state index in [1.165, 1.54) is 0 Å². The first-order valence-corrected chi connectivity index (χ1v) is 6.33. The average molecular weight is 318 g/mol. The Morgan fingerprint density at radius 3 is 2.79 bits per heavy atom. The molecule has 0 aliphatic carbocycles. The molecule has 1 aliphatic rings. The summed E-state index contributed by atoms with van der Waals surface area (Å²) in [5, 5.41) is 9.08. The van der Waals surface area contributed by atoms with Crippen molar-refractivity contribution in [1.82, 2.24) is 0 Å². The number of hydrogen-bond donors (Lipinski definition) is 0. The average Bonchev–Trinajstić information content (AvgIpc) is 2.88. The molecule has 94 valence electrons. The van der Waals surface area contributed by atoms with Gasteiger partial charge in [-0.15, -0.1) is 0 Å². The Labute approximate surface area is 118 Å². The van der Waals surface area contributed by atoms with E-state index in [1.807, 2.05) is 6.07 Å². The fourth-order valence-electron chi connectivity index (χ4n) is 1.75. The van der Waals surface area contributed by atoms with Crippen molar-refractivity contribution in [2.75, 3.05) is 6.79 Å².